The molecule has 4 rings (SSSR count). The van der Waals surface area contributed by atoms with Gasteiger partial charge in [-0.05, 0) is 75.6 Å². The maximum atomic E-state index is 13.7. The molecular formula is C29H31N5O5S. The first-order valence-corrected chi connectivity index (χ1v) is 14.2. The Morgan fingerprint density at radius 2 is 1.75 bits per heavy atom. The third-order valence-corrected chi connectivity index (χ3v) is 7.97. The molecule has 11 heteroatoms. The van der Waals surface area contributed by atoms with E-state index >= 15 is 0 Å². The molecule has 0 amide bonds. The molecule has 208 valence electrons. The number of imidazole rings is 1. The molecule has 0 N–H and O–H groups in total. The fourth-order valence-corrected chi connectivity index (χ4v) is 5.59. The number of rotatable bonds is 12. The maximum absolute atomic E-state index is 13.7. The van der Waals surface area contributed by atoms with E-state index < -0.39 is 16.0 Å². The van der Waals surface area contributed by atoms with Crippen molar-refractivity contribution >= 4 is 32.7 Å². The van der Waals surface area contributed by atoms with E-state index in [-0.39, 0.29) is 31.2 Å². The molecule has 0 bridgehead atoms. The summed E-state index contributed by atoms with van der Waals surface area (Å²) < 4.78 is 41.5. The number of likely N-dealkylation sites (N-methyl/N-ethyl adjacent to an activating group) is 1. The summed E-state index contributed by atoms with van der Waals surface area (Å²) in [5.41, 5.74) is 2.12. The molecule has 0 saturated carbocycles. The number of sulfonamides is 1. The molecule has 0 atom stereocenters. The minimum atomic E-state index is -3.85. The van der Waals surface area contributed by atoms with Crippen LogP contribution in [0.2, 0.25) is 0 Å². The van der Waals surface area contributed by atoms with Crippen molar-refractivity contribution in [3.05, 3.63) is 84.2 Å². The predicted octanol–water partition coefficient (Wildman–Crippen LogP) is 3.81. The minimum Gasteiger partial charge on any atom is -0.486 e. The van der Waals surface area contributed by atoms with Gasteiger partial charge in [-0.3, -0.25) is 9.10 Å². The van der Waals surface area contributed by atoms with Gasteiger partial charge in [-0.25, -0.2) is 13.4 Å². The number of nitrogens with zero attached hydrogens (tertiary/aromatic N) is 5. The van der Waals surface area contributed by atoms with Crippen molar-refractivity contribution in [1.29, 1.82) is 5.26 Å². The molecule has 0 saturated heterocycles. The average Bonchev–Trinajstić information content (AvgIpc) is 3.28. The van der Waals surface area contributed by atoms with Gasteiger partial charge in [-0.1, -0.05) is 18.2 Å². The lowest BCUT2D eigenvalue weighted by atomic mass is 10.2. The molecular weight excluding hydrogens is 530 g/mol. The number of ether oxygens (including phenoxy) is 2. The largest absolute Gasteiger partial charge is 0.486 e. The second-order valence-corrected chi connectivity index (χ2v) is 11.1. The van der Waals surface area contributed by atoms with Gasteiger partial charge in [0.25, 0.3) is 10.0 Å². The van der Waals surface area contributed by atoms with E-state index in [0.29, 0.717) is 40.4 Å². The van der Waals surface area contributed by atoms with Crippen molar-refractivity contribution in [3.63, 3.8) is 0 Å². The Balaban J connectivity index is 1.73. The summed E-state index contributed by atoms with van der Waals surface area (Å²) in [5.74, 6) is 0.582. The molecule has 0 aliphatic carbocycles. The number of nitriles is 1. The first kappa shape index (κ1) is 28.6. The summed E-state index contributed by atoms with van der Waals surface area (Å²) in [6, 6.07) is 22.2. The van der Waals surface area contributed by atoms with E-state index in [9.17, 15) is 13.2 Å². The van der Waals surface area contributed by atoms with E-state index in [2.05, 4.69) is 6.07 Å². The Hall–Kier alpha value is -4.40. The SMILES string of the molecule is CCOC(=O)Cn1c(COc2ccc(C#N)cc2)nc2cc(N(CCN(C)C)S(=O)(=O)c3ccccc3)ccc21. The number of esters is 1. The average molecular weight is 562 g/mol. The van der Waals surface area contributed by atoms with Crippen molar-refractivity contribution in [2.75, 3.05) is 38.1 Å². The van der Waals surface area contributed by atoms with E-state index in [1.807, 2.05) is 19.0 Å². The van der Waals surface area contributed by atoms with Gasteiger partial charge in [0, 0.05) is 13.1 Å². The van der Waals surface area contributed by atoms with Gasteiger partial charge in [0.05, 0.1) is 39.9 Å². The Bertz CT molecular complexity index is 1610. The summed E-state index contributed by atoms with van der Waals surface area (Å²) >= 11 is 0. The lowest BCUT2D eigenvalue weighted by molar-refractivity contribution is -0.143. The second kappa shape index (κ2) is 12.6. The zero-order valence-corrected chi connectivity index (χ0v) is 23.5. The van der Waals surface area contributed by atoms with Gasteiger partial charge in [-0.2, -0.15) is 5.26 Å². The molecule has 3 aromatic carbocycles. The van der Waals surface area contributed by atoms with Gasteiger partial charge in [0.1, 0.15) is 24.7 Å². The molecule has 1 heterocycles. The smallest absolute Gasteiger partial charge is 0.326 e. The summed E-state index contributed by atoms with van der Waals surface area (Å²) in [6.45, 7) is 2.68. The standard InChI is InChI=1S/C29H31N5O5S/c1-4-38-29(35)20-33-27-15-12-23(34(17-16-32(2)3)40(36,37)25-8-6-5-7-9-25)18-26(27)31-28(33)21-39-24-13-10-22(19-30)11-14-24/h5-15,18H,4,16-17,20-21H2,1-3H3. The van der Waals surface area contributed by atoms with Crippen LogP contribution in [0.4, 0.5) is 5.69 Å². The van der Waals surface area contributed by atoms with E-state index in [1.165, 1.54) is 4.31 Å². The molecule has 0 aliphatic rings. The molecule has 0 spiro atoms. The molecule has 0 aliphatic heterocycles. The van der Waals surface area contributed by atoms with Crippen molar-refractivity contribution in [3.8, 4) is 11.8 Å². The van der Waals surface area contributed by atoms with Gasteiger partial charge in [0.15, 0.2) is 0 Å². The first-order valence-electron chi connectivity index (χ1n) is 12.7. The number of hydrogen-bond donors (Lipinski definition) is 0. The van der Waals surface area contributed by atoms with Crippen LogP contribution < -0.4 is 9.04 Å². The third-order valence-electron chi connectivity index (χ3n) is 6.12. The molecule has 4 aromatic rings. The number of hydrogen-bond acceptors (Lipinski definition) is 8. The number of carbonyl (C=O) groups excluding carboxylic acids is 1. The number of benzene rings is 3. The van der Waals surface area contributed by atoms with E-state index in [0.717, 1.165) is 0 Å². The monoisotopic (exact) mass is 561 g/mol. The van der Waals surface area contributed by atoms with Crippen molar-refractivity contribution in [1.82, 2.24) is 14.5 Å². The number of anilines is 1. The number of fused-ring (bicyclic) bond motifs is 1. The highest BCUT2D eigenvalue weighted by Gasteiger charge is 2.26. The quantitative estimate of drug-likeness (QED) is 0.240. The second-order valence-electron chi connectivity index (χ2n) is 9.21. The zero-order chi connectivity index (χ0) is 28.7. The van der Waals surface area contributed by atoms with Crippen molar-refractivity contribution < 1.29 is 22.7 Å². The van der Waals surface area contributed by atoms with Crippen LogP contribution in [-0.4, -0.2) is 62.6 Å². The summed E-state index contributed by atoms with van der Waals surface area (Å²) in [6.07, 6.45) is 0. The Kier molecular flexibility index (Phi) is 9.04. The predicted molar refractivity (Wildman–Crippen MR) is 151 cm³/mol. The van der Waals surface area contributed by atoms with E-state index in [4.69, 9.17) is 19.7 Å². The highest BCUT2D eigenvalue weighted by atomic mass is 32.2. The summed E-state index contributed by atoms with van der Waals surface area (Å²) in [4.78, 5) is 19.3. The van der Waals surface area contributed by atoms with Gasteiger partial charge >= 0.3 is 5.97 Å². The fraction of sp³-hybridized carbons (Fsp3) is 0.276. The van der Waals surface area contributed by atoms with Gasteiger partial charge < -0.3 is 18.9 Å². The normalized spacial score (nSPS) is 11.4. The summed E-state index contributed by atoms with van der Waals surface area (Å²) in [5, 5.41) is 9.03. The van der Waals surface area contributed by atoms with Crippen LogP contribution in [0.3, 0.4) is 0 Å². The van der Waals surface area contributed by atoms with Crippen LogP contribution in [-0.2, 0) is 32.7 Å². The van der Waals surface area contributed by atoms with Gasteiger partial charge in [0.2, 0.25) is 0 Å². The molecule has 10 nitrogen and oxygen atoms in total. The fourth-order valence-electron chi connectivity index (χ4n) is 4.12. The lowest BCUT2D eigenvalue weighted by Crippen LogP contribution is -2.36. The van der Waals surface area contributed by atoms with Crippen LogP contribution in [0.1, 0.15) is 18.3 Å². The van der Waals surface area contributed by atoms with Crippen LogP contribution in [0.5, 0.6) is 5.75 Å². The van der Waals surface area contributed by atoms with Gasteiger partial charge in [-0.15, -0.1) is 0 Å². The lowest BCUT2D eigenvalue weighted by Gasteiger charge is -2.26. The number of carbonyl (C=O) groups is 1. The highest BCUT2D eigenvalue weighted by molar-refractivity contribution is 7.92. The van der Waals surface area contributed by atoms with Crippen LogP contribution in [0.15, 0.2) is 77.7 Å². The van der Waals surface area contributed by atoms with Crippen LogP contribution in [0.25, 0.3) is 11.0 Å². The maximum Gasteiger partial charge on any atom is 0.326 e. The Morgan fingerprint density at radius 1 is 1.02 bits per heavy atom. The molecule has 0 unspecified atom stereocenters. The van der Waals surface area contributed by atoms with Crippen molar-refractivity contribution in [2.24, 2.45) is 0 Å². The third kappa shape index (κ3) is 6.59. The van der Waals surface area contributed by atoms with Crippen LogP contribution >= 0.6 is 0 Å². The molecule has 1 aromatic heterocycles. The van der Waals surface area contributed by atoms with Crippen LogP contribution in [0, 0.1) is 11.3 Å². The first-order chi connectivity index (χ1) is 19.2. The summed E-state index contributed by atoms with van der Waals surface area (Å²) in [7, 11) is -0.0845. The van der Waals surface area contributed by atoms with E-state index in [1.54, 1.807) is 84.3 Å². The number of aromatic nitrogens is 2. The molecule has 40 heavy (non-hydrogen) atoms. The zero-order valence-electron chi connectivity index (χ0n) is 22.6. The highest BCUT2D eigenvalue weighted by Crippen LogP contribution is 2.28. The minimum absolute atomic E-state index is 0.0436. The Morgan fingerprint density at radius 3 is 2.40 bits per heavy atom. The Labute approximate surface area is 234 Å². The van der Waals surface area contributed by atoms with Crippen molar-refractivity contribution in [2.45, 2.75) is 25.0 Å². The topological polar surface area (TPSA) is 118 Å². The molecule has 0 fully saturated rings. The molecule has 0 radical (unpaired) electrons.